The van der Waals surface area contributed by atoms with Gasteiger partial charge in [0, 0.05) is 11.8 Å². The predicted octanol–water partition coefficient (Wildman–Crippen LogP) is 2.33. The third-order valence-electron chi connectivity index (χ3n) is 3.83. The molecular weight excluding hydrogens is 241 g/mol. The molecule has 1 aliphatic heterocycles. The number of aromatic nitrogens is 1. The molecule has 1 saturated heterocycles. The Kier molecular flexibility index (Phi) is 3.45. The van der Waals surface area contributed by atoms with Crippen LogP contribution in [0.3, 0.4) is 0 Å². The molecular formula is C14H20BNO3. The van der Waals surface area contributed by atoms with Gasteiger partial charge in [0.15, 0.2) is 0 Å². The third-order valence-corrected chi connectivity index (χ3v) is 3.83. The van der Waals surface area contributed by atoms with E-state index in [1.54, 1.807) is 13.1 Å². The monoisotopic (exact) mass is 261 g/mol. The van der Waals surface area contributed by atoms with Crippen LogP contribution in [0.25, 0.3) is 6.08 Å². The minimum Gasteiger partial charge on any atom is -0.400 e. The number of hydrogen-bond acceptors (Lipinski definition) is 3. The zero-order valence-electron chi connectivity index (χ0n) is 12.1. The SMILES string of the molecule is Cc1cc(/C=C/B2OC(C)(C)C(C)(C)O2)c[nH]c1=O. The molecule has 1 aromatic rings. The summed E-state index contributed by atoms with van der Waals surface area (Å²) in [5.41, 5.74) is 0.891. The van der Waals surface area contributed by atoms with Crippen molar-refractivity contribution in [1.29, 1.82) is 0 Å². The van der Waals surface area contributed by atoms with Gasteiger partial charge < -0.3 is 14.3 Å². The van der Waals surface area contributed by atoms with Crippen LogP contribution < -0.4 is 5.56 Å². The van der Waals surface area contributed by atoms with Gasteiger partial charge in [0.1, 0.15) is 0 Å². The lowest BCUT2D eigenvalue weighted by Crippen LogP contribution is -2.41. The van der Waals surface area contributed by atoms with Crippen molar-refractivity contribution in [2.75, 3.05) is 0 Å². The zero-order chi connectivity index (χ0) is 14.3. The molecule has 0 atom stereocenters. The van der Waals surface area contributed by atoms with E-state index in [4.69, 9.17) is 9.31 Å². The molecule has 0 bridgehead atoms. The van der Waals surface area contributed by atoms with Crippen LogP contribution in [0.2, 0.25) is 0 Å². The molecule has 1 N–H and O–H groups in total. The van der Waals surface area contributed by atoms with Crippen molar-refractivity contribution >= 4 is 13.2 Å². The van der Waals surface area contributed by atoms with Gasteiger partial charge in [0.05, 0.1) is 11.2 Å². The van der Waals surface area contributed by atoms with Crippen LogP contribution in [-0.2, 0) is 9.31 Å². The molecule has 2 rings (SSSR count). The first-order chi connectivity index (χ1) is 8.71. The molecule has 0 radical (unpaired) electrons. The highest BCUT2D eigenvalue weighted by molar-refractivity contribution is 6.52. The Morgan fingerprint density at radius 3 is 2.32 bits per heavy atom. The van der Waals surface area contributed by atoms with Gasteiger partial charge in [-0.1, -0.05) is 12.1 Å². The summed E-state index contributed by atoms with van der Waals surface area (Å²) in [4.78, 5) is 14.0. The summed E-state index contributed by atoms with van der Waals surface area (Å²) in [5.74, 6) is 1.86. The quantitative estimate of drug-likeness (QED) is 0.831. The van der Waals surface area contributed by atoms with Gasteiger partial charge in [-0.2, -0.15) is 0 Å². The summed E-state index contributed by atoms with van der Waals surface area (Å²) in [6.07, 6.45) is 3.57. The van der Waals surface area contributed by atoms with Gasteiger partial charge in [-0.25, -0.2) is 0 Å². The predicted molar refractivity (Wildman–Crippen MR) is 76.9 cm³/mol. The fourth-order valence-electron chi connectivity index (χ4n) is 1.87. The van der Waals surface area contributed by atoms with E-state index >= 15 is 0 Å². The lowest BCUT2D eigenvalue weighted by Gasteiger charge is -2.32. The van der Waals surface area contributed by atoms with E-state index in [9.17, 15) is 4.79 Å². The van der Waals surface area contributed by atoms with Crippen molar-refractivity contribution < 1.29 is 9.31 Å². The Bertz CT molecular complexity index is 544. The molecule has 2 heterocycles. The van der Waals surface area contributed by atoms with Gasteiger partial charge in [-0.15, -0.1) is 0 Å². The Morgan fingerprint density at radius 2 is 1.79 bits per heavy atom. The van der Waals surface area contributed by atoms with Crippen LogP contribution in [0.1, 0.15) is 38.8 Å². The van der Waals surface area contributed by atoms with Crippen molar-refractivity contribution in [1.82, 2.24) is 4.98 Å². The highest BCUT2D eigenvalue weighted by atomic mass is 16.7. The zero-order valence-corrected chi connectivity index (χ0v) is 12.1. The third kappa shape index (κ3) is 2.82. The summed E-state index contributed by atoms with van der Waals surface area (Å²) in [7, 11) is -0.364. The summed E-state index contributed by atoms with van der Waals surface area (Å²) >= 11 is 0. The van der Waals surface area contributed by atoms with Gasteiger partial charge in [0.25, 0.3) is 5.56 Å². The minimum atomic E-state index is -0.364. The number of aromatic amines is 1. The van der Waals surface area contributed by atoms with Gasteiger partial charge in [-0.3, -0.25) is 4.79 Å². The van der Waals surface area contributed by atoms with E-state index in [0.29, 0.717) is 5.56 Å². The van der Waals surface area contributed by atoms with Gasteiger partial charge in [-0.05, 0) is 46.2 Å². The number of pyridine rings is 1. The Morgan fingerprint density at radius 1 is 1.21 bits per heavy atom. The number of nitrogens with one attached hydrogen (secondary N) is 1. The summed E-state index contributed by atoms with van der Waals surface area (Å²) in [5, 5.41) is 0. The van der Waals surface area contributed by atoms with Crippen LogP contribution in [0.5, 0.6) is 0 Å². The summed E-state index contributed by atoms with van der Waals surface area (Å²) < 4.78 is 11.7. The molecule has 19 heavy (non-hydrogen) atoms. The van der Waals surface area contributed by atoms with Crippen molar-refractivity contribution in [3.05, 3.63) is 39.7 Å². The molecule has 102 valence electrons. The molecule has 1 aliphatic rings. The van der Waals surface area contributed by atoms with Crippen LogP contribution in [0.15, 0.2) is 23.0 Å². The molecule has 1 aromatic heterocycles. The van der Waals surface area contributed by atoms with E-state index in [2.05, 4.69) is 4.98 Å². The molecule has 0 unspecified atom stereocenters. The molecule has 0 aromatic carbocycles. The average molecular weight is 261 g/mol. The molecule has 0 amide bonds. The fourth-order valence-corrected chi connectivity index (χ4v) is 1.87. The fraction of sp³-hybridized carbons (Fsp3) is 0.500. The molecule has 4 nitrogen and oxygen atoms in total. The number of hydrogen-bond donors (Lipinski definition) is 1. The van der Waals surface area contributed by atoms with Crippen molar-refractivity contribution in [2.45, 2.75) is 45.8 Å². The molecule has 0 saturated carbocycles. The van der Waals surface area contributed by atoms with E-state index in [0.717, 1.165) is 5.56 Å². The summed E-state index contributed by atoms with van der Waals surface area (Å²) in [6.45, 7) is 9.86. The van der Waals surface area contributed by atoms with E-state index < -0.39 is 0 Å². The Labute approximate surface area is 114 Å². The van der Waals surface area contributed by atoms with E-state index in [1.165, 1.54) is 0 Å². The second-order valence-electron chi connectivity index (χ2n) is 5.93. The smallest absolute Gasteiger partial charge is 0.400 e. The highest BCUT2D eigenvalue weighted by Gasteiger charge is 2.49. The minimum absolute atomic E-state index is 0.0622. The highest BCUT2D eigenvalue weighted by Crippen LogP contribution is 2.36. The molecule has 0 aliphatic carbocycles. The first-order valence-electron chi connectivity index (χ1n) is 6.44. The first-order valence-corrected chi connectivity index (χ1v) is 6.44. The lowest BCUT2D eigenvalue weighted by molar-refractivity contribution is 0.00578. The normalized spacial score (nSPS) is 21.2. The maximum Gasteiger partial charge on any atom is 0.487 e. The Balaban J connectivity index is 2.12. The standard InChI is InChI=1S/C14H20BNO3/c1-10-8-11(9-16-12(10)17)6-7-15-18-13(2,3)14(4,5)19-15/h6-9H,1-5H3,(H,16,17)/b7-6+. The van der Waals surface area contributed by atoms with Crippen LogP contribution >= 0.6 is 0 Å². The van der Waals surface area contributed by atoms with E-state index in [1.807, 2.05) is 45.8 Å². The van der Waals surface area contributed by atoms with Gasteiger partial charge in [0.2, 0.25) is 0 Å². The Hall–Kier alpha value is -1.33. The van der Waals surface area contributed by atoms with Crippen molar-refractivity contribution in [2.24, 2.45) is 0 Å². The number of H-pyrrole nitrogens is 1. The molecule has 0 spiro atoms. The van der Waals surface area contributed by atoms with Crippen LogP contribution in [0.4, 0.5) is 0 Å². The largest absolute Gasteiger partial charge is 0.487 e. The van der Waals surface area contributed by atoms with Gasteiger partial charge >= 0.3 is 7.12 Å². The topological polar surface area (TPSA) is 51.3 Å². The van der Waals surface area contributed by atoms with Crippen molar-refractivity contribution in [3.63, 3.8) is 0 Å². The van der Waals surface area contributed by atoms with Crippen LogP contribution in [0, 0.1) is 6.92 Å². The van der Waals surface area contributed by atoms with E-state index in [-0.39, 0.29) is 23.9 Å². The second kappa shape index (κ2) is 4.65. The summed E-state index contributed by atoms with van der Waals surface area (Å²) in [6, 6.07) is 1.83. The second-order valence-corrected chi connectivity index (χ2v) is 5.93. The first kappa shape index (κ1) is 14.1. The van der Waals surface area contributed by atoms with Crippen molar-refractivity contribution in [3.8, 4) is 0 Å². The maximum atomic E-state index is 11.3. The average Bonchev–Trinajstić information content (AvgIpc) is 2.49. The number of aryl methyl sites for hydroxylation is 1. The van der Waals surface area contributed by atoms with Crippen LogP contribution in [-0.4, -0.2) is 23.3 Å². The maximum absolute atomic E-state index is 11.3. The lowest BCUT2D eigenvalue weighted by atomic mass is 9.89. The molecule has 5 heteroatoms. The number of rotatable bonds is 2. The molecule has 1 fully saturated rings.